The van der Waals surface area contributed by atoms with Gasteiger partial charge in [-0.15, -0.1) is 11.3 Å². The molecule has 0 spiro atoms. The van der Waals surface area contributed by atoms with E-state index in [-0.39, 0.29) is 5.91 Å². The van der Waals surface area contributed by atoms with Crippen LogP contribution in [0.2, 0.25) is 0 Å². The summed E-state index contributed by atoms with van der Waals surface area (Å²) in [6.45, 7) is 6.52. The Balaban J connectivity index is 2.65. The first-order valence-electron chi connectivity index (χ1n) is 5.42. The lowest BCUT2D eigenvalue weighted by molar-refractivity contribution is 0.0673. The highest BCUT2D eigenvalue weighted by Crippen LogP contribution is 2.32. The zero-order chi connectivity index (χ0) is 12.8. The minimum atomic E-state index is 0.0589. The molecule has 0 unspecified atom stereocenters. The van der Waals surface area contributed by atoms with Crippen molar-refractivity contribution in [1.82, 2.24) is 4.90 Å². The van der Waals surface area contributed by atoms with Gasteiger partial charge in [-0.3, -0.25) is 4.79 Å². The first-order chi connectivity index (χ1) is 8.10. The second-order valence-electron chi connectivity index (χ2n) is 3.31. The van der Waals surface area contributed by atoms with Crippen LogP contribution < -0.4 is 0 Å². The van der Waals surface area contributed by atoms with Crippen molar-refractivity contribution < 1.29 is 9.53 Å². The second kappa shape index (κ2) is 7.51. The largest absolute Gasteiger partial charge is 0.380 e. The fourth-order valence-electron chi connectivity index (χ4n) is 1.33. The second-order valence-corrected chi connectivity index (χ2v) is 6.54. The predicted molar refractivity (Wildman–Crippen MR) is 77.8 cm³/mol. The van der Waals surface area contributed by atoms with Crippen molar-refractivity contribution in [2.24, 2.45) is 0 Å². The van der Waals surface area contributed by atoms with E-state index in [1.54, 1.807) is 4.90 Å². The van der Waals surface area contributed by atoms with Gasteiger partial charge in [0, 0.05) is 24.2 Å². The van der Waals surface area contributed by atoms with Gasteiger partial charge in [0.05, 0.1) is 15.3 Å². The number of thiophene rings is 1. The lowest BCUT2D eigenvalue weighted by Gasteiger charge is -2.19. The normalized spacial score (nSPS) is 10.6. The number of carbonyl (C=O) groups excluding carboxylic acids is 1. The van der Waals surface area contributed by atoms with Gasteiger partial charge in [-0.1, -0.05) is 0 Å². The van der Waals surface area contributed by atoms with Crippen LogP contribution in [-0.4, -0.2) is 37.1 Å². The molecule has 0 aliphatic carbocycles. The Bertz CT molecular complexity index is 362. The summed E-state index contributed by atoms with van der Waals surface area (Å²) in [7, 11) is 0. The van der Waals surface area contributed by atoms with Gasteiger partial charge in [0.25, 0.3) is 5.91 Å². The Morgan fingerprint density at radius 3 is 2.65 bits per heavy atom. The van der Waals surface area contributed by atoms with Crippen LogP contribution in [0.3, 0.4) is 0 Å². The van der Waals surface area contributed by atoms with Crippen molar-refractivity contribution in [3.8, 4) is 0 Å². The molecule has 0 aliphatic rings. The van der Waals surface area contributed by atoms with E-state index in [0.717, 1.165) is 13.1 Å². The van der Waals surface area contributed by atoms with Crippen LogP contribution in [0, 0.1) is 0 Å². The number of hydrogen-bond donors (Lipinski definition) is 0. The number of ether oxygens (including phenoxy) is 1. The van der Waals surface area contributed by atoms with Crippen LogP contribution in [0.5, 0.6) is 0 Å². The lowest BCUT2D eigenvalue weighted by Crippen LogP contribution is -2.33. The average molecular weight is 385 g/mol. The Kier molecular flexibility index (Phi) is 6.69. The third kappa shape index (κ3) is 4.35. The molecule has 1 rings (SSSR count). The molecule has 6 heteroatoms. The Morgan fingerprint density at radius 1 is 1.47 bits per heavy atom. The molecule has 1 aromatic rings. The number of carbonyl (C=O) groups is 1. The molecule has 1 heterocycles. The maximum atomic E-state index is 12.2. The minimum Gasteiger partial charge on any atom is -0.380 e. The van der Waals surface area contributed by atoms with Gasteiger partial charge in [-0.25, -0.2) is 0 Å². The van der Waals surface area contributed by atoms with Crippen molar-refractivity contribution in [3.05, 3.63) is 19.2 Å². The summed E-state index contributed by atoms with van der Waals surface area (Å²) in [5.41, 5.74) is 0. The quantitative estimate of drug-likeness (QED) is 0.698. The molecule has 0 atom stereocenters. The zero-order valence-corrected chi connectivity index (χ0v) is 13.8. The van der Waals surface area contributed by atoms with Gasteiger partial charge in [0.2, 0.25) is 0 Å². The number of halogens is 2. The monoisotopic (exact) mass is 383 g/mol. The molecule has 1 amide bonds. The molecule has 0 saturated heterocycles. The van der Waals surface area contributed by atoms with E-state index in [1.165, 1.54) is 11.3 Å². The fraction of sp³-hybridized carbons (Fsp3) is 0.545. The lowest BCUT2D eigenvalue weighted by atomic mass is 10.4. The van der Waals surface area contributed by atoms with Crippen molar-refractivity contribution >= 4 is 49.1 Å². The SMILES string of the molecule is CCOCCN(CC)C(=O)c1cc(Br)c(Br)s1. The summed E-state index contributed by atoms with van der Waals surface area (Å²) in [6, 6.07) is 1.85. The van der Waals surface area contributed by atoms with Crippen molar-refractivity contribution in [1.29, 1.82) is 0 Å². The van der Waals surface area contributed by atoms with Gasteiger partial charge in [-0.2, -0.15) is 0 Å². The number of likely N-dealkylation sites (N-methyl/N-ethyl adjacent to an activating group) is 1. The predicted octanol–water partition coefficient (Wildman–Crippen LogP) is 3.77. The summed E-state index contributed by atoms with van der Waals surface area (Å²) >= 11 is 8.23. The van der Waals surface area contributed by atoms with E-state index in [0.29, 0.717) is 26.3 Å². The molecule has 3 nitrogen and oxygen atoms in total. The molecule has 0 aliphatic heterocycles. The first kappa shape index (κ1) is 15.1. The van der Waals surface area contributed by atoms with Crippen LogP contribution in [0.25, 0.3) is 0 Å². The minimum absolute atomic E-state index is 0.0589. The van der Waals surface area contributed by atoms with E-state index in [2.05, 4.69) is 31.9 Å². The molecule has 0 saturated carbocycles. The first-order valence-corrected chi connectivity index (χ1v) is 7.82. The summed E-state index contributed by atoms with van der Waals surface area (Å²) in [6.07, 6.45) is 0. The summed E-state index contributed by atoms with van der Waals surface area (Å²) < 4.78 is 7.14. The van der Waals surface area contributed by atoms with Gasteiger partial charge >= 0.3 is 0 Å². The highest BCUT2D eigenvalue weighted by Gasteiger charge is 2.17. The van der Waals surface area contributed by atoms with E-state index >= 15 is 0 Å². The highest BCUT2D eigenvalue weighted by atomic mass is 79.9. The van der Waals surface area contributed by atoms with Gasteiger partial charge in [0.1, 0.15) is 0 Å². The summed E-state index contributed by atoms with van der Waals surface area (Å²) in [5.74, 6) is 0.0589. The number of nitrogens with zero attached hydrogens (tertiary/aromatic N) is 1. The average Bonchev–Trinajstić information content (AvgIpc) is 2.65. The summed E-state index contributed by atoms with van der Waals surface area (Å²) in [5, 5.41) is 0. The molecule has 96 valence electrons. The van der Waals surface area contributed by atoms with E-state index in [9.17, 15) is 4.79 Å². The Labute approximate surface area is 122 Å². The van der Waals surface area contributed by atoms with Gasteiger partial charge in [0.15, 0.2) is 0 Å². The fourth-order valence-corrected chi connectivity index (χ4v) is 3.33. The molecule has 1 aromatic heterocycles. The zero-order valence-electron chi connectivity index (χ0n) is 9.83. The Morgan fingerprint density at radius 2 is 2.18 bits per heavy atom. The van der Waals surface area contributed by atoms with Gasteiger partial charge in [-0.05, 0) is 51.8 Å². The number of amides is 1. The van der Waals surface area contributed by atoms with Crippen molar-refractivity contribution in [2.75, 3.05) is 26.3 Å². The molecular formula is C11H15Br2NO2S. The van der Waals surface area contributed by atoms with Crippen molar-refractivity contribution in [2.45, 2.75) is 13.8 Å². The molecule has 0 fully saturated rings. The molecule has 0 N–H and O–H groups in total. The molecular weight excluding hydrogens is 370 g/mol. The summed E-state index contributed by atoms with van der Waals surface area (Å²) in [4.78, 5) is 14.7. The van der Waals surface area contributed by atoms with Crippen LogP contribution in [0.1, 0.15) is 23.5 Å². The van der Waals surface area contributed by atoms with Crippen LogP contribution in [-0.2, 0) is 4.74 Å². The van der Waals surface area contributed by atoms with E-state index in [4.69, 9.17) is 4.74 Å². The highest BCUT2D eigenvalue weighted by molar-refractivity contribution is 9.13. The molecule has 17 heavy (non-hydrogen) atoms. The maximum Gasteiger partial charge on any atom is 0.264 e. The topological polar surface area (TPSA) is 29.5 Å². The Hall–Kier alpha value is 0.0900. The van der Waals surface area contributed by atoms with Crippen LogP contribution >= 0.6 is 43.2 Å². The molecule has 0 radical (unpaired) electrons. The van der Waals surface area contributed by atoms with Gasteiger partial charge < -0.3 is 9.64 Å². The smallest absolute Gasteiger partial charge is 0.264 e. The maximum absolute atomic E-state index is 12.2. The number of rotatable bonds is 6. The number of hydrogen-bond acceptors (Lipinski definition) is 3. The van der Waals surface area contributed by atoms with Crippen LogP contribution in [0.15, 0.2) is 14.3 Å². The third-order valence-electron chi connectivity index (χ3n) is 2.23. The van der Waals surface area contributed by atoms with E-state index < -0.39 is 0 Å². The standard InChI is InChI=1S/C11H15Br2NO2S/c1-3-14(5-6-16-4-2)11(15)9-7-8(12)10(13)17-9/h7H,3-6H2,1-2H3. The third-order valence-corrected chi connectivity index (χ3v) is 5.48. The molecule has 0 bridgehead atoms. The van der Waals surface area contributed by atoms with Crippen LogP contribution in [0.4, 0.5) is 0 Å². The molecule has 0 aromatic carbocycles. The van der Waals surface area contributed by atoms with E-state index in [1.807, 2.05) is 19.9 Å². The van der Waals surface area contributed by atoms with Crippen molar-refractivity contribution in [3.63, 3.8) is 0 Å².